The van der Waals surface area contributed by atoms with Crippen LogP contribution in [0.2, 0.25) is 0 Å². The van der Waals surface area contributed by atoms with E-state index >= 15 is 0 Å². The van der Waals surface area contributed by atoms with E-state index in [0.717, 1.165) is 0 Å². The van der Waals surface area contributed by atoms with Gasteiger partial charge in [-0.05, 0) is 0 Å². The molecule has 0 aromatic rings. The quantitative estimate of drug-likeness (QED) is 0.499. The molecule has 0 aliphatic carbocycles. The van der Waals surface area contributed by atoms with E-state index in [0.29, 0.717) is 13.1 Å². The van der Waals surface area contributed by atoms with Gasteiger partial charge in [-0.15, -0.1) is 24.8 Å². The first-order chi connectivity index (χ1) is 1.91. The van der Waals surface area contributed by atoms with Crippen LogP contribution in [0, 0.1) is 0 Å². The first kappa shape index (κ1) is 26.0. The van der Waals surface area contributed by atoms with E-state index in [1.165, 1.54) is 0 Å². The molecule has 6 N–H and O–H groups in total. The molecule has 5 heteroatoms. The van der Waals surface area contributed by atoms with Crippen LogP contribution in [0.5, 0.6) is 0 Å². The second-order valence-electron chi connectivity index (χ2n) is 0.577. The fourth-order valence-electron chi connectivity index (χ4n) is 0. The summed E-state index contributed by atoms with van der Waals surface area (Å²) in [6.07, 6.45) is 0. The monoisotopic (exact) mass is 150 g/mol. The van der Waals surface area contributed by atoms with Crippen LogP contribution in [-0.2, 0) is 0 Å². The van der Waals surface area contributed by atoms with Crippen LogP contribution in [-0.4, -0.2) is 18.6 Å². The van der Waals surface area contributed by atoms with Gasteiger partial charge >= 0.3 is 0 Å². The van der Waals surface area contributed by atoms with Crippen molar-refractivity contribution in [3.05, 3.63) is 0 Å². The maximum Gasteiger partial charge on any atom is 0.00461 e. The Kier molecular flexibility index (Phi) is 118. The van der Waals surface area contributed by atoms with Gasteiger partial charge in [0.25, 0.3) is 0 Å². The first-order valence-electron chi connectivity index (χ1n) is 1.32. The molecule has 0 heterocycles. The van der Waals surface area contributed by atoms with Crippen LogP contribution in [0.4, 0.5) is 0 Å². The molecule has 0 aliphatic rings. The lowest BCUT2D eigenvalue weighted by molar-refractivity contribution is 0.824. The summed E-state index contributed by atoms with van der Waals surface area (Å²) < 4.78 is 0. The SMILES string of the molecule is Cl.Cl.NCCN.O. The molecule has 3 nitrogen and oxygen atoms in total. The average Bonchev–Trinajstić information content (AvgIpc) is 1.37. The Bertz CT molecular complexity index is 15.7. The molecular formula is C2H12Cl2N2O. The van der Waals surface area contributed by atoms with E-state index in [1.807, 2.05) is 0 Å². The minimum absolute atomic E-state index is 0. The molecule has 0 fully saturated rings. The maximum absolute atomic E-state index is 4.90. The summed E-state index contributed by atoms with van der Waals surface area (Å²) in [6.45, 7) is 1.19. The van der Waals surface area contributed by atoms with Gasteiger partial charge in [-0.2, -0.15) is 0 Å². The lowest BCUT2D eigenvalue weighted by atomic mass is 10.7. The largest absolute Gasteiger partial charge is 0.412 e. The predicted molar refractivity (Wildman–Crippen MR) is 36.2 cm³/mol. The van der Waals surface area contributed by atoms with Gasteiger partial charge in [0, 0.05) is 13.1 Å². The number of rotatable bonds is 1. The Balaban J connectivity index is -0.0000000150. The highest BCUT2D eigenvalue weighted by Crippen LogP contribution is 1.24. The summed E-state index contributed by atoms with van der Waals surface area (Å²) >= 11 is 0. The zero-order valence-electron chi connectivity index (χ0n) is 3.89. The van der Waals surface area contributed by atoms with Crippen molar-refractivity contribution in [1.29, 1.82) is 0 Å². The molecule has 0 aromatic carbocycles. The van der Waals surface area contributed by atoms with Crippen molar-refractivity contribution in [2.45, 2.75) is 0 Å². The molecule has 0 amide bonds. The van der Waals surface area contributed by atoms with E-state index in [4.69, 9.17) is 11.5 Å². The van der Waals surface area contributed by atoms with Crippen LogP contribution in [0.25, 0.3) is 0 Å². The van der Waals surface area contributed by atoms with Gasteiger partial charge in [0.1, 0.15) is 0 Å². The summed E-state index contributed by atoms with van der Waals surface area (Å²) in [5.74, 6) is 0. The van der Waals surface area contributed by atoms with Crippen LogP contribution in [0.15, 0.2) is 0 Å². The zero-order chi connectivity index (χ0) is 3.41. The summed E-state index contributed by atoms with van der Waals surface area (Å²) in [5.41, 5.74) is 9.81. The smallest absolute Gasteiger partial charge is 0.00461 e. The third-order valence-electron chi connectivity index (χ3n) is 0.167. The van der Waals surface area contributed by atoms with E-state index in [-0.39, 0.29) is 30.3 Å². The van der Waals surface area contributed by atoms with Crippen LogP contribution >= 0.6 is 24.8 Å². The fraction of sp³-hybridized carbons (Fsp3) is 1.00. The summed E-state index contributed by atoms with van der Waals surface area (Å²) in [7, 11) is 0. The lowest BCUT2D eigenvalue weighted by Crippen LogP contribution is -2.11. The molecule has 0 bridgehead atoms. The van der Waals surface area contributed by atoms with Gasteiger partial charge in [-0.25, -0.2) is 0 Å². The van der Waals surface area contributed by atoms with Crippen molar-refractivity contribution in [2.24, 2.45) is 11.5 Å². The van der Waals surface area contributed by atoms with Crippen molar-refractivity contribution in [1.82, 2.24) is 0 Å². The third kappa shape index (κ3) is 60.3. The maximum atomic E-state index is 4.90. The predicted octanol–water partition coefficient (Wildman–Crippen LogP) is -1.08. The molecule has 0 aromatic heterocycles. The number of halogens is 2. The minimum atomic E-state index is 0. The van der Waals surface area contributed by atoms with Gasteiger partial charge in [-0.3, -0.25) is 0 Å². The number of nitrogens with two attached hydrogens (primary N) is 2. The van der Waals surface area contributed by atoms with E-state index in [9.17, 15) is 0 Å². The molecule has 0 radical (unpaired) electrons. The highest BCUT2D eigenvalue weighted by Gasteiger charge is 1.54. The van der Waals surface area contributed by atoms with E-state index in [2.05, 4.69) is 0 Å². The van der Waals surface area contributed by atoms with Crippen molar-refractivity contribution < 1.29 is 5.48 Å². The second kappa shape index (κ2) is 31.8. The summed E-state index contributed by atoms with van der Waals surface area (Å²) in [5, 5.41) is 0. The van der Waals surface area contributed by atoms with Gasteiger partial charge in [0.05, 0.1) is 0 Å². The molecular weight excluding hydrogens is 139 g/mol. The lowest BCUT2D eigenvalue weighted by Gasteiger charge is -1.72. The van der Waals surface area contributed by atoms with E-state index < -0.39 is 0 Å². The van der Waals surface area contributed by atoms with Crippen molar-refractivity contribution in [2.75, 3.05) is 13.1 Å². The normalized spacial score (nSPS) is 4.29. The van der Waals surface area contributed by atoms with Crippen molar-refractivity contribution >= 4 is 24.8 Å². The molecule has 0 saturated heterocycles. The minimum Gasteiger partial charge on any atom is -0.412 e. The Morgan fingerprint density at radius 3 is 1.00 bits per heavy atom. The molecule has 0 saturated carbocycles. The molecule has 0 unspecified atom stereocenters. The van der Waals surface area contributed by atoms with Crippen molar-refractivity contribution in [3.8, 4) is 0 Å². The number of hydrogen-bond acceptors (Lipinski definition) is 2. The molecule has 0 atom stereocenters. The summed E-state index contributed by atoms with van der Waals surface area (Å²) in [6, 6.07) is 0. The van der Waals surface area contributed by atoms with E-state index in [1.54, 1.807) is 0 Å². The molecule has 7 heavy (non-hydrogen) atoms. The van der Waals surface area contributed by atoms with Gasteiger partial charge in [-0.1, -0.05) is 0 Å². The Morgan fingerprint density at radius 1 is 0.857 bits per heavy atom. The highest BCUT2D eigenvalue weighted by molar-refractivity contribution is 5.85. The van der Waals surface area contributed by atoms with Crippen LogP contribution < -0.4 is 11.5 Å². The average molecular weight is 151 g/mol. The van der Waals surface area contributed by atoms with Gasteiger partial charge in [0.2, 0.25) is 0 Å². The van der Waals surface area contributed by atoms with Gasteiger partial charge in [0.15, 0.2) is 0 Å². The first-order valence-corrected chi connectivity index (χ1v) is 1.32. The molecule has 0 rings (SSSR count). The Hall–Kier alpha value is 0.460. The highest BCUT2D eigenvalue weighted by atomic mass is 35.5. The second-order valence-corrected chi connectivity index (χ2v) is 0.577. The van der Waals surface area contributed by atoms with Gasteiger partial charge < -0.3 is 16.9 Å². The molecule has 0 aliphatic heterocycles. The Morgan fingerprint density at radius 2 is 1.00 bits per heavy atom. The van der Waals surface area contributed by atoms with Crippen molar-refractivity contribution in [3.63, 3.8) is 0 Å². The molecule has 0 spiro atoms. The number of hydrogen-bond donors (Lipinski definition) is 2. The third-order valence-corrected chi connectivity index (χ3v) is 0.167. The summed E-state index contributed by atoms with van der Waals surface area (Å²) in [4.78, 5) is 0. The standard InChI is InChI=1S/C2H8N2.2ClH.H2O/c3-1-2-4;;;/h1-4H2;2*1H;1H2. The zero-order valence-corrected chi connectivity index (χ0v) is 5.52. The van der Waals surface area contributed by atoms with Crippen LogP contribution in [0.3, 0.4) is 0 Å². The molecule has 50 valence electrons. The topological polar surface area (TPSA) is 83.5 Å². The van der Waals surface area contributed by atoms with Crippen LogP contribution in [0.1, 0.15) is 0 Å². The fourth-order valence-corrected chi connectivity index (χ4v) is 0. The Labute approximate surface area is 55.6 Å².